The Hall–Kier alpha value is -4.40. The van der Waals surface area contributed by atoms with E-state index in [2.05, 4.69) is 36.0 Å². The third-order valence-electron chi connectivity index (χ3n) is 9.72. The van der Waals surface area contributed by atoms with Gasteiger partial charge in [0.2, 0.25) is 0 Å². The maximum atomic E-state index is 11.2. The first kappa shape index (κ1) is 28.4. The van der Waals surface area contributed by atoms with Gasteiger partial charge in [-0.05, 0) is 121 Å². The zero-order valence-corrected chi connectivity index (χ0v) is 25.6. The van der Waals surface area contributed by atoms with Crippen LogP contribution in [-0.2, 0) is 25.7 Å². The van der Waals surface area contributed by atoms with E-state index in [1.807, 2.05) is 36.4 Å². The van der Waals surface area contributed by atoms with Crippen LogP contribution in [0.15, 0.2) is 54.6 Å². The first-order chi connectivity index (χ1) is 21.2. The van der Waals surface area contributed by atoms with Crippen LogP contribution in [0.3, 0.4) is 0 Å². The lowest BCUT2D eigenvalue weighted by molar-refractivity contribution is 0.226. The van der Waals surface area contributed by atoms with Crippen LogP contribution in [0.2, 0.25) is 0 Å². The zero-order valence-electron chi connectivity index (χ0n) is 25.6. The van der Waals surface area contributed by atoms with Crippen molar-refractivity contribution in [2.75, 3.05) is 41.4 Å². The van der Waals surface area contributed by atoms with Crippen molar-refractivity contribution in [1.82, 2.24) is 9.80 Å². The van der Waals surface area contributed by atoms with Gasteiger partial charge in [-0.1, -0.05) is 12.1 Å². The Morgan fingerprint density at radius 3 is 2.16 bits per heavy atom. The monoisotopic (exact) mass is 594 g/mol. The molecule has 2 heterocycles. The van der Waals surface area contributed by atoms with Crippen LogP contribution >= 0.6 is 0 Å². The lowest BCUT2D eigenvalue weighted by Crippen LogP contribution is -2.35. The number of nitrogens with zero attached hydrogens (tertiary/aromatic N) is 2. The molecule has 0 radical (unpaired) electrons. The number of aromatic hydroxyl groups is 3. The molecule has 0 fully saturated rings. The van der Waals surface area contributed by atoms with E-state index in [-0.39, 0.29) is 29.3 Å². The Bertz CT molecular complexity index is 1750. The van der Waals surface area contributed by atoms with Gasteiger partial charge in [-0.25, -0.2) is 0 Å². The van der Waals surface area contributed by atoms with Gasteiger partial charge in [0.1, 0.15) is 5.75 Å². The number of rotatable bonds is 6. The molecule has 1 aliphatic carbocycles. The second kappa shape index (κ2) is 10.9. The Morgan fingerprint density at radius 2 is 1.41 bits per heavy atom. The molecule has 0 bridgehead atoms. The summed E-state index contributed by atoms with van der Waals surface area (Å²) >= 11 is 0. The summed E-state index contributed by atoms with van der Waals surface area (Å²) < 4.78 is 17.1. The lowest BCUT2D eigenvalue weighted by atomic mass is 9.76. The van der Waals surface area contributed by atoms with Gasteiger partial charge < -0.3 is 29.5 Å². The minimum absolute atomic E-state index is 0.0158. The number of likely N-dealkylation sites (N-methyl/N-ethyl adjacent to an activating group) is 2. The van der Waals surface area contributed by atoms with E-state index in [1.165, 1.54) is 11.1 Å². The third kappa shape index (κ3) is 4.69. The third-order valence-corrected chi connectivity index (χ3v) is 9.72. The average molecular weight is 595 g/mol. The molecule has 2 unspecified atom stereocenters. The Balaban J connectivity index is 1.15. The van der Waals surface area contributed by atoms with Gasteiger partial charge in [-0.2, -0.15) is 0 Å². The first-order valence-electron chi connectivity index (χ1n) is 15.1. The van der Waals surface area contributed by atoms with Gasteiger partial charge in [0, 0.05) is 30.7 Å². The molecule has 0 aromatic heterocycles. The highest BCUT2D eigenvalue weighted by Crippen LogP contribution is 2.53. The molecular formula is C36H38N2O6. The molecule has 8 nitrogen and oxygen atoms in total. The summed E-state index contributed by atoms with van der Waals surface area (Å²) in [4.78, 5) is 4.65. The largest absolute Gasteiger partial charge is 0.504 e. The van der Waals surface area contributed by atoms with Crippen LogP contribution in [0.1, 0.15) is 45.5 Å². The fourth-order valence-electron chi connectivity index (χ4n) is 7.28. The predicted molar refractivity (Wildman–Crippen MR) is 168 cm³/mol. The number of hydrogen-bond donors (Lipinski definition) is 3. The SMILES string of the molecule is COc1cc2c(cc1O)C(Cc1ccc(Oc3cc4c(cc3O)-c3c(O)c(OC)cc5c3C(C4)N(C)CC5)cc1)N(C)CC2. The number of methoxy groups -OCH3 is 2. The molecule has 0 saturated carbocycles. The van der Waals surface area contributed by atoms with E-state index in [9.17, 15) is 15.3 Å². The first-order valence-corrected chi connectivity index (χ1v) is 15.1. The predicted octanol–water partition coefficient (Wildman–Crippen LogP) is 6.14. The van der Waals surface area contributed by atoms with Crippen molar-refractivity contribution in [2.45, 2.75) is 37.8 Å². The molecule has 4 aromatic carbocycles. The number of ether oxygens (including phenoxy) is 3. The molecule has 3 aliphatic rings. The summed E-state index contributed by atoms with van der Waals surface area (Å²) in [6.45, 7) is 1.85. The van der Waals surface area contributed by atoms with E-state index in [4.69, 9.17) is 14.2 Å². The Labute approximate surface area is 257 Å². The fourth-order valence-corrected chi connectivity index (χ4v) is 7.28. The topological polar surface area (TPSA) is 94.9 Å². The maximum Gasteiger partial charge on any atom is 0.169 e. The Kier molecular flexibility index (Phi) is 7.06. The van der Waals surface area contributed by atoms with Crippen molar-refractivity contribution in [3.63, 3.8) is 0 Å². The quantitative estimate of drug-likeness (QED) is 0.245. The number of phenolic OH excluding ortho intramolecular Hbond substituents is 3. The lowest BCUT2D eigenvalue weighted by Gasteiger charge is -2.40. The van der Waals surface area contributed by atoms with Crippen molar-refractivity contribution in [3.05, 3.63) is 88.0 Å². The van der Waals surface area contributed by atoms with Crippen molar-refractivity contribution < 1.29 is 29.5 Å². The van der Waals surface area contributed by atoms with Crippen molar-refractivity contribution in [3.8, 4) is 51.4 Å². The van der Waals surface area contributed by atoms with Crippen LogP contribution in [0.4, 0.5) is 0 Å². The molecule has 228 valence electrons. The van der Waals surface area contributed by atoms with Gasteiger partial charge in [-0.15, -0.1) is 0 Å². The van der Waals surface area contributed by atoms with Crippen LogP contribution in [-0.4, -0.2) is 66.5 Å². The second-order valence-corrected chi connectivity index (χ2v) is 12.2. The fraction of sp³-hybridized carbons (Fsp3) is 0.333. The molecule has 0 amide bonds. The standard InChI is InChI=1S/C36H38N2O6/c1-37-11-9-21-15-31(42-3)29(39)18-25(21)27(37)13-20-5-7-24(8-6-20)44-32-17-23-14-28-34-22(10-12-38(28)2)16-33(43-4)36(41)35(34)26(23)19-30(32)40/h5-8,15-19,27-28,39-41H,9-14H2,1-4H3. The molecule has 8 heteroatoms. The van der Waals surface area contributed by atoms with Crippen LogP contribution in [0.5, 0.6) is 40.2 Å². The van der Waals surface area contributed by atoms with Gasteiger partial charge in [0.25, 0.3) is 0 Å². The molecule has 0 spiro atoms. The molecule has 2 aliphatic heterocycles. The number of fused-ring (bicyclic) bond motifs is 3. The van der Waals surface area contributed by atoms with Gasteiger partial charge in [-0.3, -0.25) is 9.80 Å². The molecule has 2 atom stereocenters. The highest BCUT2D eigenvalue weighted by Gasteiger charge is 2.36. The summed E-state index contributed by atoms with van der Waals surface area (Å²) in [5.41, 5.74) is 8.33. The minimum atomic E-state index is 0.0158. The van der Waals surface area contributed by atoms with Crippen LogP contribution in [0.25, 0.3) is 11.1 Å². The average Bonchev–Trinajstić information content (AvgIpc) is 3.02. The summed E-state index contributed by atoms with van der Waals surface area (Å²) in [6, 6.07) is 17.6. The van der Waals surface area contributed by atoms with E-state index >= 15 is 0 Å². The number of benzene rings is 4. The second-order valence-electron chi connectivity index (χ2n) is 12.2. The smallest absolute Gasteiger partial charge is 0.169 e. The minimum Gasteiger partial charge on any atom is -0.504 e. The summed E-state index contributed by atoms with van der Waals surface area (Å²) in [6.07, 6.45) is 3.33. The van der Waals surface area contributed by atoms with Gasteiger partial charge in [0.05, 0.1) is 14.2 Å². The Morgan fingerprint density at radius 1 is 0.750 bits per heavy atom. The molecule has 4 aromatic rings. The van der Waals surface area contributed by atoms with E-state index in [1.54, 1.807) is 20.3 Å². The molecular weight excluding hydrogens is 556 g/mol. The summed E-state index contributed by atoms with van der Waals surface area (Å²) in [5, 5.41) is 32.7. The normalized spacial score (nSPS) is 19.1. The maximum absolute atomic E-state index is 11.2. The number of phenols is 3. The molecule has 7 rings (SSSR count). The number of hydrogen-bond acceptors (Lipinski definition) is 8. The summed E-state index contributed by atoms with van der Waals surface area (Å²) in [7, 11) is 7.38. The van der Waals surface area contributed by atoms with E-state index in [0.717, 1.165) is 72.2 Å². The van der Waals surface area contributed by atoms with E-state index in [0.29, 0.717) is 23.0 Å². The summed E-state index contributed by atoms with van der Waals surface area (Å²) in [5.74, 6) is 2.25. The highest BCUT2D eigenvalue weighted by atomic mass is 16.5. The van der Waals surface area contributed by atoms with Crippen molar-refractivity contribution in [1.29, 1.82) is 0 Å². The molecule has 0 saturated heterocycles. The van der Waals surface area contributed by atoms with Crippen LogP contribution < -0.4 is 14.2 Å². The van der Waals surface area contributed by atoms with Crippen molar-refractivity contribution >= 4 is 0 Å². The van der Waals surface area contributed by atoms with Crippen LogP contribution in [0, 0.1) is 0 Å². The molecule has 3 N–H and O–H groups in total. The van der Waals surface area contributed by atoms with Gasteiger partial charge >= 0.3 is 0 Å². The molecule has 44 heavy (non-hydrogen) atoms. The van der Waals surface area contributed by atoms with E-state index < -0.39 is 0 Å². The van der Waals surface area contributed by atoms with Crippen molar-refractivity contribution in [2.24, 2.45) is 0 Å². The van der Waals surface area contributed by atoms with Gasteiger partial charge in [0.15, 0.2) is 34.5 Å². The zero-order chi connectivity index (χ0) is 30.7. The highest BCUT2D eigenvalue weighted by molar-refractivity contribution is 5.84.